The number of carbonyl (C=O) groups is 2. The molecule has 0 saturated carbocycles. The molecule has 0 bridgehead atoms. The molecular weight excluding hydrogens is 438 g/mol. The van der Waals surface area contributed by atoms with Gasteiger partial charge in [-0.25, -0.2) is 4.98 Å². The van der Waals surface area contributed by atoms with Crippen molar-refractivity contribution >= 4 is 17.4 Å². The molecule has 0 radical (unpaired) electrons. The number of aromatic nitrogens is 2. The Hall–Kier alpha value is -4.27. The van der Waals surface area contributed by atoms with E-state index in [1.54, 1.807) is 48.9 Å². The van der Waals surface area contributed by atoms with E-state index in [2.05, 4.69) is 4.98 Å². The molecule has 9 heteroatoms. The Morgan fingerprint density at radius 2 is 1.91 bits per heavy atom. The van der Waals surface area contributed by atoms with Gasteiger partial charge in [0.05, 0.1) is 32.2 Å². The van der Waals surface area contributed by atoms with Crippen molar-refractivity contribution in [3.8, 4) is 17.2 Å². The summed E-state index contributed by atoms with van der Waals surface area (Å²) in [5.74, 6) is -1.15. The fraction of sp³-hybridized carbons (Fsp3) is 0.240. The lowest BCUT2D eigenvalue weighted by atomic mass is 9.95. The molecule has 1 aliphatic rings. The number of phenolic OH excluding ortho intramolecular Hbond substituents is 1. The van der Waals surface area contributed by atoms with Crippen LogP contribution in [0.1, 0.15) is 23.6 Å². The number of benzene rings is 2. The molecule has 9 nitrogen and oxygen atoms in total. The maximum absolute atomic E-state index is 13.1. The van der Waals surface area contributed by atoms with Crippen molar-refractivity contribution in [2.45, 2.75) is 19.0 Å². The summed E-state index contributed by atoms with van der Waals surface area (Å²) >= 11 is 0. The summed E-state index contributed by atoms with van der Waals surface area (Å²) in [7, 11) is 2.91. The Morgan fingerprint density at radius 1 is 1.09 bits per heavy atom. The standard InChI is InChI=1S/C25H25N3O6/c1-33-18-6-3-5-17(13-18)23(30)21-22(16-7-8-19(29)20(14-16)34-2)28(25(32)24(21)31)11-4-10-27-12-9-26-15-27/h3,5-9,12-15,22,29-30H,4,10-11H2,1-2H3/b23-21+. The van der Waals surface area contributed by atoms with Crippen LogP contribution in [-0.4, -0.2) is 57.1 Å². The molecule has 1 amide bonds. The van der Waals surface area contributed by atoms with E-state index in [9.17, 15) is 19.8 Å². The quantitative estimate of drug-likeness (QED) is 0.300. The third-order valence-corrected chi connectivity index (χ3v) is 5.78. The van der Waals surface area contributed by atoms with Gasteiger partial charge >= 0.3 is 0 Å². The number of methoxy groups -OCH3 is 2. The lowest BCUT2D eigenvalue weighted by molar-refractivity contribution is -0.139. The first-order valence-corrected chi connectivity index (χ1v) is 10.7. The number of ketones is 1. The van der Waals surface area contributed by atoms with Gasteiger partial charge in [-0.15, -0.1) is 0 Å². The van der Waals surface area contributed by atoms with Crippen LogP contribution in [0.5, 0.6) is 17.2 Å². The molecule has 4 rings (SSSR count). The molecule has 1 unspecified atom stereocenters. The van der Waals surface area contributed by atoms with Crippen LogP contribution in [0.25, 0.3) is 5.76 Å². The first-order chi connectivity index (χ1) is 16.4. The van der Waals surface area contributed by atoms with Crippen molar-refractivity contribution in [2.75, 3.05) is 20.8 Å². The maximum atomic E-state index is 13.1. The van der Waals surface area contributed by atoms with Gasteiger partial charge in [0.15, 0.2) is 11.5 Å². The zero-order chi connectivity index (χ0) is 24.2. The summed E-state index contributed by atoms with van der Waals surface area (Å²) < 4.78 is 12.3. The average molecular weight is 463 g/mol. The minimum Gasteiger partial charge on any atom is -0.507 e. The molecule has 1 aliphatic heterocycles. The number of amides is 1. The monoisotopic (exact) mass is 463 g/mol. The van der Waals surface area contributed by atoms with E-state index in [-0.39, 0.29) is 29.4 Å². The van der Waals surface area contributed by atoms with Gasteiger partial charge in [-0.2, -0.15) is 0 Å². The molecule has 3 aromatic rings. The van der Waals surface area contributed by atoms with Crippen molar-refractivity contribution in [1.29, 1.82) is 0 Å². The second kappa shape index (κ2) is 9.70. The van der Waals surface area contributed by atoms with Gasteiger partial charge in [0.1, 0.15) is 11.5 Å². The number of aromatic hydroxyl groups is 1. The molecule has 34 heavy (non-hydrogen) atoms. The highest BCUT2D eigenvalue weighted by molar-refractivity contribution is 6.46. The van der Waals surface area contributed by atoms with Crippen LogP contribution < -0.4 is 9.47 Å². The minimum atomic E-state index is -0.858. The fourth-order valence-electron chi connectivity index (χ4n) is 4.09. The highest BCUT2D eigenvalue weighted by atomic mass is 16.5. The first-order valence-electron chi connectivity index (χ1n) is 10.7. The van der Waals surface area contributed by atoms with E-state index >= 15 is 0 Å². The molecule has 0 spiro atoms. The molecule has 1 fully saturated rings. The van der Waals surface area contributed by atoms with E-state index < -0.39 is 17.7 Å². The van der Waals surface area contributed by atoms with Crippen LogP contribution in [0.15, 0.2) is 66.8 Å². The van der Waals surface area contributed by atoms with Crippen LogP contribution in [0.4, 0.5) is 0 Å². The van der Waals surface area contributed by atoms with Crippen molar-refractivity contribution in [3.63, 3.8) is 0 Å². The van der Waals surface area contributed by atoms with Gasteiger partial charge < -0.3 is 29.2 Å². The number of ether oxygens (including phenoxy) is 2. The van der Waals surface area contributed by atoms with Crippen molar-refractivity contribution in [3.05, 3.63) is 77.9 Å². The molecule has 176 valence electrons. The van der Waals surface area contributed by atoms with Gasteiger partial charge in [0.25, 0.3) is 11.7 Å². The van der Waals surface area contributed by atoms with Gasteiger partial charge in [-0.05, 0) is 36.2 Å². The van der Waals surface area contributed by atoms with E-state index in [0.717, 1.165) is 0 Å². The van der Waals surface area contributed by atoms with Gasteiger partial charge in [0.2, 0.25) is 0 Å². The third-order valence-electron chi connectivity index (χ3n) is 5.78. The topological polar surface area (TPSA) is 114 Å². The summed E-state index contributed by atoms with van der Waals surface area (Å²) in [5.41, 5.74) is 0.848. The number of carbonyl (C=O) groups excluding carboxylic acids is 2. The van der Waals surface area contributed by atoms with Crippen molar-refractivity contribution in [2.24, 2.45) is 0 Å². The van der Waals surface area contributed by atoms with Crippen LogP contribution >= 0.6 is 0 Å². The number of hydrogen-bond acceptors (Lipinski definition) is 7. The van der Waals surface area contributed by atoms with Gasteiger partial charge in [0, 0.05) is 31.0 Å². The van der Waals surface area contributed by atoms with E-state index in [4.69, 9.17) is 9.47 Å². The molecule has 1 atom stereocenters. The molecule has 1 aromatic heterocycles. The number of imidazole rings is 1. The number of aryl methyl sites for hydroxylation is 1. The van der Waals surface area contributed by atoms with Crippen molar-refractivity contribution in [1.82, 2.24) is 14.5 Å². The van der Waals surface area contributed by atoms with Crippen LogP contribution in [0, 0.1) is 0 Å². The van der Waals surface area contributed by atoms with Crippen LogP contribution in [-0.2, 0) is 16.1 Å². The zero-order valence-corrected chi connectivity index (χ0v) is 18.8. The Balaban J connectivity index is 1.78. The predicted molar refractivity (Wildman–Crippen MR) is 124 cm³/mol. The average Bonchev–Trinajstić information content (AvgIpc) is 3.46. The SMILES string of the molecule is COc1cccc(/C(O)=C2\C(=O)C(=O)N(CCCn3ccnc3)C2c2ccc(O)c(OC)c2)c1. The predicted octanol–water partition coefficient (Wildman–Crippen LogP) is 3.12. The Bertz CT molecular complexity index is 1240. The molecule has 2 aromatic carbocycles. The first kappa shape index (κ1) is 22.9. The molecule has 2 heterocycles. The number of aliphatic hydroxyl groups excluding tert-OH is 1. The summed E-state index contributed by atoms with van der Waals surface area (Å²) in [4.78, 5) is 31.7. The summed E-state index contributed by atoms with van der Waals surface area (Å²) in [6.07, 6.45) is 5.73. The lowest BCUT2D eigenvalue weighted by Gasteiger charge is -2.26. The third kappa shape index (κ3) is 4.32. The number of rotatable bonds is 8. The van der Waals surface area contributed by atoms with Crippen molar-refractivity contribution < 1.29 is 29.3 Å². The highest BCUT2D eigenvalue weighted by Gasteiger charge is 2.46. The normalized spacial score (nSPS) is 17.2. The highest BCUT2D eigenvalue weighted by Crippen LogP contribution is 2.42. The molecule has 0 aliphatic carbocycles. The van der Waals surface area contributed by atoms with Gasteiger partial charge in [-0.3, -0.25) is 9.59 Å². The maximum Gasteiger partial charge on any atom is 0.295 e. The summed E-state index contributed by atoms with van der Waals surface area (Å²) in [6, 6.07) is 10.4. The van der Waals surface area contributed by atoms with Crippen LogP contribution in [0.2, 0.25) is 0 Å². The zero-order valence-electron chi connectivity index (χ0n) is 18.8. The smallest absolute Gasteiger partial charge is 0.295 e. The number of phenols is 1. The number of likely N-dealkylation sites (tertiary alicyclic amines) is 1. The summed E-state index contributed by atoms with van der Waals surface area (Å²) in [6.45, 7) is 0.871. The Kier molecular flexibility index (Phi) is 6.53. The Morgan fingerprint density at radius 3 is 2.62 bits per heavy atom. The molecule has 1 saturated heterocycles. The number of aliphatic hydroxyl groups is 1. The van der Waals surface area contributed by atoms with E-state index in [1.807, 2.05) is 10.8 Å². The van der Waals surface area contributed by atoms with Gasteiger partial charge in [-0.1, -0.05) is 18.2 Å². The molecule has 2 N–H and O–H groups in total. The summed E-state index contributed by atoms with van der Waals surface area (Å²) in [5, 5.41) is 21.2. The second-order valence-corrected chi connectivity index (χ2v) is 7.81. The van der Waals surface area contributed by atoms with Crippen LogP contribution in [0.3, 0.4) is 0 Å². The number of nitrogens with zero attached hydrogens (tertiary/aromatic N) is 3. The lowest BCUT2D eigenvalue weighted by Crippen LogP contribution is -2.31. The Labute approximate surface area is 196 Å². The number of hydrogen-bond donors (Lipinski definition) is 2. The van der Waals surface area contributed by atoms with E-state index in [0.29, 0.717) is 29.8 Å². The second-order valence-electron chi connectivity index (χ2n) is 7.81. The molecular formula is C25H25N3O6. The minimum absolute atomic E-state index is 0.0337. The number of Topliss-reactive ketones (excluding diaryl/α,β-unsaturated/α-hetero) is 1. The largest absolute Gasteiger partial charge is 0.507 e. The fourth-order valence-corrected chi connectivity index (χ4v) is 4.09. The van der Waals surface area contributed by atoms with E-state index in [1.165, 1.54) is 25.2 Å².